The van der Waals surface area contributed by atoms with Gasteiger partial charge in [-0.05, 0) is 32.4 Å². The second-order valence-electron chi connectivity index (χ2n) is 5.27. The van der Waals surface area contributed by atoms with E-state index in [2.05, 4.69) is 5.32 Å². The predicted molar refractivity (Wildman–Crippen MR) is 87.3 cm³/mol. The van der Waals surface area contributed by atoms with Crippen LogP contribution < -0.4 is 15.6 Å². The van der Waals surface area contributed by atoms with Gasteiger partial charge in [0.05, 0.1) is 5.52 Å². The van der Waals surface area contributed by atoms with Crippen LogP contribution in [-0.4, -0.2) is 23.1 Å². The van der Waals surface area contributed by atoms with Gasteiger partial charge in [-0.1, -0.05) is 19.1 Å². The Morgan fingerprint density at radius 1 is 1.32 bits per heavy atom. The molecule has 1 N–H and O–H groups in total. The predicted octanol–water partition coefficient (Wildman–Crippen LogP) is 2.31. The van der Waals surface area contributed by atoms with Crippen molar-refractivity contribution in [3.05, 3.63) is 40.7 Å². The molecule has 0 bridgehead atoms. The van der Waals surface area contributed by atoms with Gasteiger partial charge in [-0.2, -0.15) is 0 Å². The van der Waals surface area contributed by atoms with Crippen LogP contribution in [0.25, 0.3) is 10.9 Å². The number of ether oxygens (including phenoxy) is 1. The molecular formula is C17H22N2O3. The van der Waals surface area contributed by atoms with E-state index < -0.39 is 0 Å². The summed E-state index contributed by atoms with van der Waals surface area (Å²) in [7, 11) is 0. The smallest absolute Gasteiger partial charge is 0.258 e. The van der Waals surface area contributed by atoms with Crippen LogP contribution in [0.15, 0.2) is 35.1 Å². The number of benzene rings is 1. The lowest BCUT2D eigenvalue weighted by atomic mass is 10.2. The lowest BCUT2D eigenvalue weighted by Gasteiger charge is -2.14. The number of aryl methyl sites for hydroxylation is 1. The summed E-state index contributed by atoms with van der Waals surface area (Å²) in [4.78, 5) is 23.9. The number of para-hydroxylation sites is 1. The minimum absolute atomic E-state index is 0.0933. The Labute approximate surface area is 129 Å². The van der Waals surface area contributed by atoms with Crippen molar-refractivity contribution in [3.8, 4) is 5.75 Å². The van der Waals surface area contributed by atoms with Gasteiger partial charge in [0.25, 0.3) is 11.5 Å². The molecule has 0 saturated carbocycles. The molecule has 2 rings (SSSR count). The molecule has 1 aromatic carbocycles. The maximum Gasteiger partial charge on any atom is 0.258 e. The molecule has 2 aromatic rings. The summed E-state index contributed by atoms with van der Waals surface area (Å²) in [5.41, 5.74) is 0.688. The molecule has 1 atom stereocenters. The van der Waals surface area contributed by atoms with Crippen LogP contribution in [0.5, 0.6) is 5.75 Å². The average molecular weight is 302 g/mol. The molecule has 0 aliphatic heterocycles. The van der Waals surface area contributed by atoms with Crippen LogP contribution in [0.4, 0.5) is 0 Å². The molecule has 118 valence electrons. The van der Waals surface area contributed by atoms with Gasteiger partial charge in [0.1, 0.15) is 5.75 Å². The second kappa shape index (κ2) is 7.11. The molecule has 5 nitrogen and oxygen atoms in total. The quantitative estimate of drug-likeness (QED) is 0.891. The van der Waals surface area contributed by atoms with E-state index in [1.54, 1.807) is 4.57 Å². The van der Waals surface area contributed by atoms with Crippen molar-refractivity contribution >= 4 is 16.8 Å². The molecule has 0 fully saturated rings. The average Bonchev–Trinajstić information content (AvgIpc) is 2.52. The third-order valence-corrected chi connectivity index (χ3v) is 3.68. The van der Waals surface area contributed by atoms with E-state index in [-0.39, 0.29) is 24.1 Å². The first-order chi connectivity index (χ1) is 10.6. The van der Waals surface area contributed by atoms with E-state index in [9.17, 15) is 9.59 Å². The van der Waals surface area contributed by atoms with Gasteiger partial charge in [-0.25, -0.2) is 0 Å². The molecule has 0 unspecified atom stereocenters. The van der Waals surface area contributed by atoms with Crippen LogP contribution >= 0.6 is 0 Å². The fourth-order valence-corrected chi connectivity index (χ4v) is 2.31. The summed E-state index contributed by atoms with van der Waals surface area (Å²) in [6.45, 7) is 6.37. The highest BCUT2D eigenvalue weighted by Gasteiger charge is 2.11. The molecule has 0 aliphatic rings. The Bertz CT molecular complexity index is 721. The molecule has 1 amide bonds. The zero-order valence-electron chi connectivity index (χ0n) is 13.3. The van der Waals surface area contributed by atoms with Gasteiger partial charge in [0.15, 0.2) is 6.61 Å². The summed E-state index contributed by atoms with van der Waals surface area (Å²) in [6, 6.07) is 9.10. The lowest BCUT2D eigenvalue weighted by Crippen LogP contribution is -2.35. The monoisotopic (exact) mass is 302 g/mol. The fraction of sp³-hybridized carbons (Fsp3) is 0.412. The van der Waals surface area contributed by atoms with Crippen molar-refractivity contribution in [2.24, 2.45) is 0 Å². The first-order valence-corrected chi connectivity index (χ1v) is 7.61. The van der Waals surface area contributed by atoms with Crippen LogP contribution in [-0.2, 0) is 11.3 Å². The number of nitrogens with zero attached hydrogens (tertiary/aromatic N) is 1. The third kappa shape index (κ3) is 3.47. The van der Waals surface area contributed by atoms with E-state index in [1.165, 1.54) is 6.07 Å². The fourth-order valence-electron chi connectivity index (χ4n) is 2.31. The van der Waals surface area contributed by atoms with Crippen molar-refractivity contribution in [2.45, 2.75) is 39.8 Å². The SMILES string of the molecule is CC[C@@H](C)NC(=O)COc1cc(=O)n(CC)c2ccccc12. The van der Waals surface area contributed by atoms with E-state index in [0.29, 0.717) is 12.3 Å². The summed E-state index contributed by atoms with van der Waals surface area (Å²) >= 11 is 0. The van der Waals surface area contributed by atoms with Gasteiger partial charge in [0, 0.05) is 24.0 Å². The van der Waals surface area contributed by atoms with Crippen molar-refractivity contribution in [3.63, 3.8) is 0 Å². The molecule has 5 heteroatoms. The summed E-state index contributed by atoms with van der Waals surface area (Å²) in [5, 5.41) is 3.67. The van der Waals surface area contributed by atoms with Crippen LogP contribution in [0, 0.1) is 0 Å². The Balaban J connectivity index is 2.25. The van der Waals surface area contributed by atoms with Crippen molar-refractivity contribution < 1.29 is 9.53 Å². The van der Waals surface area contributed by atoms with E-state index in [0.717, 1.165) is 17.3 Å². The molecule has 0 radical (unpaired) electrons. The maximum absolute atomic E-state index is 12.1. The first-order valence-electron chi connectivity index (χ1n) is 7.61. The van der Waals surface area contributed by atoms with Gasteiger partial charge < -0.3 is 14.6 Å². The molecule has 1 aromatic heterocycles. The molecule has 22 heavy (non-hydrogen) atoms. The van der Waals surface area contributed by atoms with Gasteiger partial charge in [-0.3, -0.25) is 9.59 Å². The topological polar surface area (TPSA) is 60.3 Å². The summed E-state index contributed by atoms with van der Waals surface area (Å²) in [6.07, 6.45) is 0.862. The molecule has 1 heterocycles. The van der Waals surface area contributed by atoms with Crippen LogP contribution in [0.2, 0.25) is 0 Å². The lowest BCUT2D eigenvalue weighted by molar-refractivity contribution is -0.123. The number of carbonyl (C=O) groups excluding carboxylic acids is 1. The van der Waals surface area contributed by atoms with Crippen LogP contribution in [0.1, 0.15) is 27.2 Å². The third-order valence-electron chi connectivity index (χ3n) is 3.68. The summed E-state index contributed by atoms with van der Waals surface area (Å²) in [5.74, 6) is 0.266. The van der Waals surface area contributed by atoms with Crippen molar-refractivity contribution in [2.75, 3.05) is 6.61 Å². The summed E-state index contributed by atoms with van der Waals surface area (Å²) < 4.78 is 7.26. The minimum atomic E-state index is -0.182. The number of hydrogen-bond acceptors (Lipinski definition) is 3. The molecule has 0 aliphatic carbocycles. The number of carbonyl (C=O) groups is 1. The zero-order valence-corrected chi connectivity index (χ0v) is 13.3. The van der Waals surface area contributed by atoms with E-state index >= 15 is 0 Å². The van der Waals surface area contributed by atoms with Crippen molar-refractivity contribution in [1.82, 2.24) is 9.88 Å². The Morgan fingerprint density at radius 2 is 2.05 bits per heavy atom. The molecular weight excluding hydrogens is 280 g/mol. The zero-order chi connectivity index (χ0) is 16.1. The number of nitrogens with one attached hydrogen (secondary N) is 1. The molecule has 0 spiro atoms. The highest BCUT2D eigenvalue weighted by Crippen LogP contribution is 2.23. The number of pyridine rings is 1. The molecule has 0 saturated heterocycles. The van der Waals surface area contributed by atoms with Crippen molar-refractivity contribution in [1.29, 1.82) is 0 Å². The largest absolute Gasteiger partial charge is 0.483 e. The van der Waals surface area contributed by atoms with Gasteiger partial charge in [0.2, 0.25) is 0 Å². The normalized spacial score (nSPS) is 12.1. The number of hydrogen-bond donors (Lipinski definition) is 1. The Morgan fingerprint density at radius 3 is 2.73 bits per heavy atom. The Hall–Kier alpha value is -2.30. The minimum Gasteiger partial charge on any atom is -0.483 e. The van der Waals surface area contributed by atoms with E-state index in [4.69, 9.17) is 4.74 Å². The number of amides is 1. The van der Waals surface area contributed by atoms with Crippen LogP contribution in [0.3, 0.4) is 0 Å². The number of rotatable bonds is 6. The highest BCUT2D eigenvalue weighted by molar-refractivity contribution is 5.86. The van der Waals surface area contributed by atoms with Gasteiger partial charge >= 0.3 is 0 Å². The highest BCUT2D eigenvalue weighted by atomic mass is 16.5. The van der Waals surface area contributed by atoms with Gasteiger partial charge in [-0.15, -0.1) is 0 Å². The van der Waals surface area contributed by atoms with E-state index in [1.807, 2.05) is 45.0 Å². The standard InChI is InChI=1S/C17H22N2O3/c1-4-12(3)18-16(20)11-22-15-10-17(21)19(5-2)14-9-7-6-8-13(14)15/h6-10,12H,4-5,11H2,1-3H3,(H,18,20)/t12-/m1/s1. The first kappa shape index (κ1) is 16.1. The number of fused-ring (bicyclic) bond motifs is 1. The second-order valence-corrected chi connectivity index (χ2v) is 5.27. The number of aromatic nitrogens is 1. The Kier molecular flexibility index (Phi) is 5.20. The maximum atomic E-state index is 12.1.